The zero-order valence-corrected chi connectivity index (χ0v) is 14.3. The van der Waals surface area contributed by atoms with Crippen molar-refractivity contribution in [1.82, 2.24) is 9.97 Å². The summed E-state index contributed by atoms with van der Waals surface area (Å²) in [5.74, 6) is 5.62. The number of halogens is 2. The van der Waals surface area contributed by atoms with Crippen LogP contribution in [0.25, 0.3) is 0 Å². The van der Waals surface area contributed by atoms with Crippen LogP contribution in [0, 0.1) is 11.8 Å². The Morgan fingerprint density at radius 2 is 1.52 bits per heavy atom. The lowest BCUT2D eigenvalue weighted by Crippen LogP contribution is -2.15. The third kappa shape index (κ3) is 4.16. The summed E-state index contributed by atoms with van der Waals surface area (Å²) in [7, 11) is 0. The number of hydrogen-bond acceptors (Lipinski definition) is 3. The first kappa shape index (κ1) is 17.0. The summed E-state index contributed by atoms with van der Waals surface area (Å²) in [6.07, 6.45) is 1.20. The molecule has 0 saturated heterocycles. The average Bonchev–Trinajstić information content (AvgIpc) is 2.62. The molecule has 0 aliphatic heterocycles. The lowest BCUT2D eigenvalue weighted by atomic mass is 10.1. The van der Waals surface area contributed by atoms with Gasteiger partial charge in [-0.05, 0) is 24.3 Å². The Kier molecular flexibility index (Phi) is 5.30. The molecule has 6 heteroatoms. The molecule has 0 aliphatic carbocycles. The molecule has 122 valence electrons. The van der Waals surface area contributed by atoms with E-state index in [1.165, 1.54) is 6.33 Å². The number of carbonyl (C=O) groups is 1. The van der Waals surface area contributed by atoms with E-state index >= 15 is 0 Å². The molecule has 0 aliphatic rings. The van der Waals surface area contributed by atoms with Crippen LogP contribution in [-0.2, 0) is 0 Å². The SMILES string of the molecule is O=C(Nc1ccccc1C#Cc1ccccc1)c1c(Cl)ncnc1Cl. The minimum absolute atomic E-state index is 0.00893. The molecule has 1 N–H and O–H groups in total. The maximum absolute atomic E-state index is 12.5. The fourth-order valence-corrected chi connectivity index (χ4v) is 2.57. The van der Waals surface area contributed by atoms with Crippen molar-refractivity contribution >= 4 is 34.8 Å². The Bertz CT molecular complexity index is 958. The van der Waals surface area contributed by atoms with Crippen LogP contribution in [-0.4, -0.2) is 15.9 Å². The first-order chi connectivity index (χ1) is 12.1. The molecule has 25 heavy (non-hydrogen) atoms. The minimum atomic E-state index is -0.496. The molecule has 4 nitrogen and oxygen atoms in total. The van der Waals surface area contributed by atoms with Crippen molar-refractivity contribution < 1.29 is 4.79 Å². The zero-order chi connectivity index (χ0) is 17.6. The second kappa shape index (κ2) is 7.80. The molecule has 0 spiro atoms. The number of nitrogens with one attached hydrogen (secondary N) is 1. The van der Waals surface area contributed by atoms with Gasteiger partial charge in [-0.1, -0.05) is 65.4 Å². The highest BCUT2D eigenvalue weighted by atomic mass is 35.5. The molecule has 0 radical (unpaired) electrons. The van der Waals surface area contributed by atoms with Crippen molar-refractivity contribution in [3.05, 3.63) is 87.9 Å². The van der Waals surface area contributed by atoms with Gasteiger partial charge in [-0.3, -0.25) is 4.79 Å². The molecule has 0 fully saturated rings. The van der Waals surface area contributed by atoms with E-state index in [4.69, 9.17) is 23.2 Å². The van der Waals surface area contributed by atoms with E-state index < -0.39 is 5.91 Å². The van der Waals surface area contributed by atoms with Crippen LogP contribution in [0.2, 0.25) is 10.3 Å². The summed E-state index contributed by atoms with van der Waals surface area (Å²) in [6.45, 7) is 0. The molecule has 0 atom stereocenters. The summed E-state index contributed by atoms with van der Waals surface area (Å²) in [5.41, 5.74) is 2.12. The van der Waals surface area contributed by atoms with E-state index in [1.54, 1.807) is 12.1 Å². The second-order valence-electron chi connectivity index (χ2n) is 4.95. The summed E-state index contributed by atoms with van der Waals surface area (Å²) in [5, 5.41) is 2.74. The van der Waals surface area contributed by atoms with Gasteiger partial charge in [-0.15, -0.1) is 0 Å². The number of amides is 1. The van der Waals surface area contributed by atoms with Crippen LogP contribution >= 0.6 is 23.2 Å². The highest BCUT2D eigenvalue weighted by Gasteiger charge is 2.17. The van der Waals surface area contributed by atoms with E-state index in [0.29, 0.717) is 11.3 Å². The van der Waals surface area contributed by atoms with Gasteiger partial charge in [-0.2, -0.15) is 0 Å². The van der Waals surface area contributed by atoms with Gasteiger partial charge in [0.25, 0.3) is 5.91 Å². The maximum Gasteiger partial charge on any atom is 0.261 e. The normalized spacial score (nSPS) is 9.84. The monoisotopic (exact) mass is 367 g/mol. The number of benzene rings is 2. The Balaban J connectivity index is 1.89. The van der Waals surface area contributed by atoms with E-state index in [1.807, 2.05) is 42.5 Å². The Labute approximate surface area is 154 Å². The van der Waals surface area contributed by atoms with Gasteiger partial charge in [0.05, 0.1) is 5.69 Å². The number of nitrogens with zero attached hydrogens (tertiary/aromatic N) is 2. The Morgan fingerprint density at radius 3 is 2.24 bits per heavy atom. The topological polar surface area (TPSA) is 54.9 Å². The van der Waals surface area contributed by atoms with Crippen LogP contribution in [0.4, 0.5) is 5.69 Å². The van der Waals surface area contributed by atoms with E-state index in [9.17, 15) is 4.79 Å². The minimum Gasteiger partial charge on any atom is -0.321 e. The largest absolute Gasteiger partial charge is 0.321 e. The van der Waals surface area contributed by atoms with E-state index in [0.717, 1.165) is 5.56 Å². The van der Waals surface area contributed by atoms with E-state index in [-0.39, 0.29) is 15.9 Å². The Morgan fingerprint density at radius 1 is 0.880 bits per heavy atom. The van der Waals surface area contributed by atoms with Crippen LogP contribution < -0.4 is 5.32 Å². The number of anilines is 1. The molecule has 1 amide bonds. The summed E-state index contributed by atoms with van der Waals surface area (Å²) < 4.78 is 0. The number of rotatable bonds is 2. The lowest BCUT2D eigenvalue weighted by molar-refractivity contribution is 0.102. The van der Waals surface area contributed by atoms with Crippen LogP contribution in [0.5, 0.6) is 0 Å². The van der Waals surface area contributed by atoms with Crippen molar-refractivity contribution in [2.24, 2.45) is 0 Å². The molecule has 0 unspecified atom stereocenters. The summed E-state index contributed by atoms with van der Waals surface area (Å²) in [4.78, 5) is 20.0. The standard InChI is InChI=1S/C19H11Cl2N3O/c20-17-16(18(21)23-12-22-17)19(25)24-15-9-5-4-8-14(15)11-10-13-6-2-1-3-7-13/h1-9,12H,(H,24,25). The first-order valence-electron chi connectivity index (χ1n) is 7.28. The van der Waals surface area contributed by atoms with Crippen molar-refractivity contribution in [1.29, 1.82) is 0 Å². The molecular weight excluding hydrogens is 357 g/mol. The molecule has 1 heterocycles. The number of hydrogen-bond donors (Lipinski definition) is 1. The van der Waals surface area contributed by atoms with Crippen molar-refractivity contribution in [2.75, 3.05) is 5.32 Å². The lowest BCUT2D eigenvalue weighted by Gasteiger charge is -2.09. The van der Waals surface area contributed by atoms with Gasteiger partial charge < -0.3 is 5.32 Å². The molecule has 3 rings (SSSR count). The summed E-state index contributed by atoms with van der Waals surface area (Å²) in [6, 6.07) is 16.8. The van der Waals surface area contributed by atoms with Crippen LogP contribution in [0.15, 0.2) is 60.9 Å². The van der Waals surface area contributed by atoms with Gasteiger partial charge in [-0.25, -0.2) is 9.97 Å². The quantitative estimate of drug-likeness (QED) is 0.538. The van der Waals surface area contributed by atoms with Gasteiger partial charge in [0, 0.05) is 11.1 Å². The third-order valence-corrected chi connectivity index (χ3v) is 3.85. The van der Waals surface area contributed by atoms with Crippen LogP contribution in [0.3, 0.4) is 0 Å². The molecule has 2 aromatic carbocycles. The molecule has 0 bridgehead atoms. The zero-order valence-electron chi connectivity index (χ0n) is 12.8. The van der Waals surface area contributed by atoms with Crippen molar-refractivity contribution in [3.8, 4) is 11.8 Å². The molecule has 1 aromatic heterocycles. The number of para-hydroxylation sites is 1. The predicted octanol–water partition coefficient (Wildman–Crippen LogP) is 4.44. The summed E-state index contributed by atoms with van der Waals surface area (Å²) >= 11 is 11.9. The first-order valence-corrected chi connectivity index (χ1v) is 8.04. The third-order valence-electron chi connectivity index (χ3n) is 3.27. The van der Waals surface area contributed by atoms with Gasteiger partial charge >= 0.3 is 0 Å². The average molecular weight is 368 g/mol. The highest BCUT2D eigenvalue weighted by Crippen LogP contribution is 2.22. The molecule has 3 aromatic rings. The second-order valence-corrected chi connectivity index (χ2v) is 5.66. The molecule has 0 saturated carbocycles. The van der Waals surface area contributed by atoms with E-state index in [2.05, 4.69) is 27.1 Å². The Hall–Kier alpha value is -2.87. The van der Waals surface area contributed by atoms with Crippen molar-refractivity contribution in [2.45, 2.75) is 0 Å². The highest BCUT2D eigenvalue weighted by molar-refractivity contribution is 6.39. The maximum atomic E-state index is 12.5. The van der Waals surface area contributed by atoms with Gasteiger partial charge in [0.2, 0.25) is 0 Å². The fourth-order valence-electron chi connectivity index (χ4n) is 2.08. The number of carbonyl (C=O) groups excluding carboxylic acids is 1. The predicted molar refractivity (Wildman–Crippen MR) is 98.9 cm³/mol. The number of aromatic nitrogens is 2. The fraction of sp³-hybridized carbons (Fsp3) is 0. The van der Waals surface area contributed by atoms with Gasteiger partial charge in [0.15, 0.2) is 0 Å². The van der Waals surface area contributed by atoms with Gasteiger partial charge in [0.1, 0.15) is 22.2 Å². The smallest absolute Gasteiger partial charge is 0.261 e. The van der Waals surface area contributed by atoms with Crippen LogP contribution in [0.1, 0.15) is 21.5 Å². The van der Waals surface area contributed by atoms with Crippen molar-refractivity contribution in [3.63, 3.8) is 0 Å². The molecular formula is C19H11Cl2N3O.